The topological polar surface area (TPSA) is 93.7 Å². The van der Waals surface area contributed by atoms with Crippen LogP contribution in [0.15, 0.2) is 83.3 Å². The van der Waals surface area contributed by atoms with Crippen LogP contribution in [0.4, 0.5) is 16.2 Å². The van der Waals surface area contributed by atoms with Gasteiger partial charge in [-0.25, -0.2) is 4.79 Å². The van der Waals surface area contributed by atoms with Crippen molar-refractivity contribution in [1.29, 1.82) is 0 Å². The predicted molar refractivity (Wildman–Crippen MR) is 130 cm³/mol. The Morgan fingerprint density at radius 1 is 0.909 bits per heavy atom. The predicted octanol–water partition coefficient (Wildman–Crippen LogP) is 5.89. The Morgan fingerprint density at radius 2 is 1.58 bits per heavy atom. The molecule has 3 rings (SSSR count). The molecule has 0 radical (unpaired) electrons. The third-order valence-electron chi connectivity index (χ3n) is 4.27. The minimum atomic E-state index is -0.800. The number of benzene rings is 3. The van der Waals surface area contributed by atoms with Crippen LogP contribution in [0.25, 0.3) is 6.08 Å². The van der Waals surface area contributed by atoms with E-state index < -0.39 is 6.16 Å². The Bertz CT molecular complexity index is 1160. The molecule has 0 saturated heterocycles. The molecule has 0 unspecified atom stereocenters. The molecule has 0 heterocycles. The average molecular weight is 509 g/mol. The molecule has 33 heavy (non-hydrogen) atoms. The van der Waals surface area contributed by atoms with E-state index in [1.165, 1.54) is 30.3 Å². The van der Waals surface area contributed by atoms with Gasteiger partial charge in [-0.05, 0) is 79.2 Å². The summed E-state index contributed by atoms with van der Waals surface area (Å²) in [6.45, 7) is 1.89. The third-order valence-corrected chi connectivity index (χ3v) is 4.76. The van der Waals surface area contributed by atoms with E-state index in [-0.39, 0.29) is 24.2 Å². The summed E-state index contributed by atoms with van der Waals surface area (Å²) < 4.78 is 10.6. The van der Waals surface area contributed by atoms with Gasteiger partial charge in [-0.2, -0.15) is 0 Å². The Hall–Kier alpha value is -3.91. The molecule has 0 spiro atoms. The maximum atomic E-state index is 12.4. The number of nitrogens with one attached hydrogen (secondary N) is 2. The molecule has 2 amide bonds. The van der Waals surface area contributed by atoms with Crippen LogP contribution >= 0.6 is 15.9 Å². The number of ether oxygens (including phenoxy) is 2. The lowest BCUT2D eigenvalue weighted by Gasteiger charge is -2.08. The van der Waals surface area contributed by atoms with Crippen molar-refractivity contribution in [3.8, 4) is 5.75 Å². The van der Waals surface area contributed by atoms with E-state index in [9.17, 15) is 14.4 Å². The van der Waals surface area contributed by atoms with E-state index in [1.54, 1.807) is 37.3 Å². The molecule has 0 aliphatic heterocycles. The summed E-state index contributed by atoms with van der Waals surface area (Å²) in [5.41, 5.74) is 2.45. The van der Waals surface area contributed by atoms with Crippen molar-refractivity contribution in [3.63, 3.8) is 0 Å². The summed E-state index contributed by atoms with van der Waals surface area (Å²) in [7, 11) is 0. The van der Waals surface area contributed by atoms with Gasteiger partial charge in [0, 0.05) is 27.5 Å². The number of halogens is 1. The van der Waals surface area contributed by atoms with E-state index in [2.05, 4.69) is 26.6 Å². The van der Waals surface area contributed by atoms with Gasteiger partial charge in [0.25, 0.3) is 5.91 Å². The molecule has 2 N–H and O–H groups in total. The second kappa shape index (κ2) is 11.6. The van der Waals surface area contributed by atoms with E-state index >= 15 is 0 Å². The maximum absolute atomic E-state index is 12.4. The van der Waals surface area contributed by atoms with Crippen molar-refractivity contribution in [2.75, 3.05) is 17.2 Å². The third kappa shape index (κ3) is 7.62. The van der Waals surface area contributed by atoms with E-state index in [1.807, 2.05) is 24.3 Å². The number of carbonyl (C=O) groups is 3. The summed E-state index contributed by atoms with van der Waals surface area (Å²) in [5, 5.41) is 5.54. The Morgan fingerprint density at radius 3 is 2.21 bits per heavy atom. The molecular weight excluding hydrogens is 488 g/mol. The summed E-state index contributed by atoms with van der Waals surface area (Å²) >= 11 is 3.39. The Labute approximate surface area is 199 Å². The Kier molecular flexibility index (Phi) is 8.37. The van der Waals surface area contributed by atoms with Crippen molar-refractivity contribution < 1.29 is 23.9 Å². The van der Waals surface area contributed by atoms with Crippen LogP contribution in [0.2, 0.25) is 0 Å². The first-order chi connectivity index (χ1) is 15.9. The van der Waals surface area contributed by atoms with Crippen molar-refractivity contribution in [1.82, 2.24) is 0 Å². The van der Waals surface area contributed by atoms with Gasteiger partial charge in [0.2, 0.25) is 5.91 Å². The van der Waals surface area contributed by atoms with Crippen LogP contribution in [0.5, 0.6) is 5.75 Å². The molecule has 0 saturated carbocycles. The van der Waals surface area contributed by atoms with Gasteiger partial charge in [0.1, 0.15) is 5.75 Å². The quantitative estimate of drug-likeness (QED) is 0.235. The second-order valence-corrected chi connectivity index (χ2v) is 7.63. The molecule has 168 valence electrons. The molecule has 0 fully saturated rings. The first kappa shape index (κ1) is 23.7. The van der Waals surface area contributed by atoms with Gasteiger partial charge in [0.15, 0.2) is 0 Å². The lowest BCUT2D eigenvalue weighted by molar-refractivity contribution is -0.111. The van der Waals surface area contributed by atoms with Crippen LogP contribution in [0.3, 0.4) is 0 Å². The first-order valence-electron chi connectivity index (χ1n) is 10.0. The second-order valence-electron chi connectivity index (χ2n) is 6.72. The molecule has 0 aromatic heterocycles. The number of hydrogen-bond donors (Lipinski definition) is 2. The molecule has 0 aliphatic carbocycles. The molecular formula is C25H21BrN2O5. The lowest BCUT2D eigenvalue weighted by atomic mass is 10.2. The van der Waals surface area contributed by atoms with Crippen LogP contribution in [0.1, 0.15) is 22.8 Å². The standard InChI is InChI=1S/C25H21BrN2O5/c1-2-32-25(31)33-22-13-7-18(8-14-22)24(30)28-21-11-9-20(10-12-21)27-23(29)15-6-17-4-3-5-19(26)16-17/h3-16H,2H2,1H3,(H,27,29)(H,28,30)/b15-6+. The smallest absolute Gasteiger partial charge is 0.434 e. The highest BCUT2D eigenvalue weighted by Crippen LogP contribution is 2.17. The molecule has 7 nitrogen and oxygen atoms in total. The van der Waals surface area contributed by atoms with Gasteiger partial charge < -0.3 is 20.1 Å². The minimum Gasteiger partial charge on any atom is -0.434 e. The van der Waals surface area contributed by atoms with E-state index in [0.29, 0.717) is 16.9 Å². The van der Waals surface area contributed by atoms with Crippen molar-refractivity contribution in [3.05, 3.63) is 94.5 Å². The summed E-state index contributed by atoms with van der Waals surface area (Å²) in [6, 6.07) is 20.4. The fraction of sp³-hybridized carbons (Fsp3) is 0.0800. The van der Waals surface area contributed by atoms with Crippen LogP contribution in [-0.4, -0.2) is 24.6 Å². The van der Waals surface area contributed by atoms with Crippen molar-refractivity contribution in [2.24, 2.45) is 0 Å². The van der Waals surface area contributed by atoms with Crippen LogP contribution in [0, 0.1) is 0 Å². The van der Waals surface area contributed by atoms with Gasteiger partial charge >= 0.3 is 6.16 Å². The number of rotatable bonds is 7. The van der Waals surface area contributed by atoms with Crippen molar-refractivity contribution in [2.45, 2.75) is 6.92 Å². The fourth-order valence-corrected chi connectivity index (χ4v) is 3.14. The summed E-state index contributed by atoms with van der Waals surface area (Å²) in [6.07, 6.45) is 2.37. The highest BCUT2D eigenvalue weighted by molar-refractivity contribution is 9.10. The first-order valence-corrected chi connectivity index (χ1v) is 10.8. The van der Waals surface area contributed by atoms with Crippen LogP contribution < -0.4 is 15.4 Å². The zero-order chi connectivity index (χ0) is 23.6. The van der Waals surface area contributed by atoms with E-state index in [0.717, 1.165) is 10.0 Å². The number of carbonyl (C=O) groups excluding carboxylic acids is 3. The lowest BCUT2D eigenvalue weighted by Crippen LogP contribution is -2.13. The number of anilines is 2. The molecule has 0 atom stereocenters. The zero-order valence-corrected chi connectivity index (χ0v) is 19.3. The van der Waals surface area contributed by atoms with Crippen LogP contribution in [-0.2, 0) is 9.53 Å². The van der Waals surface area contributed by atoms with Gasteiger partial charge in [-0.15, -0.1) is 0 Å². The minimum absolute atomic E-state index is 0.213. The zero-order valence-electron chi connectivity index (χ0n) is 17.7. The van der Waals surface area contributed by atoms with Gasteiger partial charge in [-0.1, -0.05) is 28.1 Å². The average Bonchev–Trinajstić information content (AvgIpc) is 2.80. The largest absolute Gasteiger partial charge is 0.513 e. The fourth-order valence-electron chi connectivity index (χ4n) is 2.72. The van der Waals surface area contributed by atoms with Gasteiger partial charge in [-0.3, -0.25) is 9.59 Å². The molecule has 8 heteroatoms. The monoisotopic (exact) mass is 508 g/mol. The highest BCUT2D eigenvalue weighted by atomic mass is 79.9. The van der Waals surface area contributed by atoms with Gasteiger partial charge in [0.05, 0.1) is 6.61 Å². The van der Waals surface area contributed by atoms with Crippen molar-refractivity contribution >= 4 is 51.4 Å². The molecule has 3 aromatic rings. The maximum Gasteiger partial charge on any atom is 0.513 e. The SMILES string of the molecule is CCOC(=O)Oc1ccc(C(=O)Nc2ccc(NC(=O)/C=C/c3cccc(Br)c3)cc2)cc1. The molecule has 3 aromatic carbocycles. The molecule has 0 aliphatic rings. The van der Waals surface area contributed by atoms with E-state index in [4.69, 9.17) is 9.47 Å². The summed E-state index contributed by atoms with van der Waals surface area (Å²) in [4.78, 5) is 35.9. The normalized spacial score (nSPS) is 10.5. The molecule has 0 bridgehead atoms. The highest BCUT2D eigenvalue weighted by Gasteiger charge is 2.09. The summed E-state index contributed by atoms with van der Waals surface area (Å²) in [5.74, 6) is -0.317. The number of amides is 2. The Balaban J connectivity index is 1.53. The number of hydrogen-bond acceptors (Lipinski definition) is 5.